The second-order valence-electron chi connectivity index (χ2n) is 3.00. The van der Waals surface area contributed by atoms with Gasteiger partial charge >= 0.3 is 0 Å². The summed E-state index contributed by atoms with van der Waals surface area (Å²) in [6.45, 7) is 2.06. The van der Waals surface area contributed by atoms with Crippen molar-refractivity contribution in [1.29, 1.82) is 0 Å². The van der Waals surface area contributed by atoms with Gasteiger partial charge in [-0.3, -0.25) is 0 Å². The molecule has 0 saturated heterocycles. The van der Waals surface area contributed by atoms with Gasteiger partial charge in [0.1, 0.15) is 0 Å². The Bertz CT molecular complexity index is 447. The number of fused-ring (bicyclic) bond motifs is 1. The summed E-state index contributed by atoms with van der Waals surface area (Å²) in [5, 5.41) is 2.03. The molecule has 1 nitrogen and oxygen atoms in total. The topological polar surface area (TPSA) is 15.8 Å². The van der Waals surface area contributed by atoms with Crippen molar-refractivity contribution in [3.05, 3.63) is 28.9 Å². The van der Waals surface area contributed by atoms with Crippen LogP contribution in [0.2, 0.25) is 5.02 Å². The molecule has 0 spiro atoms. The number of benzene rings is 1. The van der Waals surface area contributed by atoms with Crippen molar-refractivity contribution in [2.24, 2.45) is 0 Å². The average molecular weight is 212 g/mol. The minimum atomic E-state index is 0.805. The van der Waals surface area contributed by atoms with E-state index < -0.39 is 0 Å². The number of rotatable bonds is 1. The predicted molar refractivity (Wildman–Crippen MR) is 59.8 cm³/mol. The number of thioether (sulfide) groups is 1. The molecule has 2 rings (SSSR count). The first-order valence-corrected chi connectivity index (χ1v) is 5.64. The van der Waals surface area contributed by atoms with Crippen molar-refractivity contribution in [2.45, 2.75) is 11.8 Å². The van der Waals surface area contributed by atoms with Crippen molar-refractivity contribution < 1.29 is 0 Å². The third-order valence-corrected chi connectivity index (χ3v) is 3.13. The zero-order valence-corrected chi connectivity index (χ0v) is 9.09. The van der Waals surface area contributed by atoms with Gasteiger partial charge in [0.2, 0.25) is 0 Å². The summed E-state index contributed by atoms with van der Waals surface area (Å²) in [6.07, 6.45) is 4.09. The highest BCUT2D eigenvalue weighted by Gasteiger charge is 2.05. The molecule has 0 amide bonds. The summed E-state index contributed by atoms with van der Waals surface area (Å²) in [7, 11) is 0. The summed E-state index contributed by atoms with van der Waals surface area (Å²) in [4.78, 5) is 4.51. The standard InChI is InChI=1S/C10H10ClNS/c1-6-3-7(11)4-8-9(13-2)5-12-10(6)8/h3-5,12H,1-2H3. The van der Waals surface area contributed by atoms with E-state index in [1.54, 1.807) is 11.8 Å². The number of hydrogen-bond acceptors (Lipinski definition) is 1. The Balaban J connectivity index is 2.82. The Morgan fingerprint density at radius 3 is 2.85 bits per heavy atom. The number of aromatic nitrogens is 1. The molecule has 2 aromatic rings. The van der Waals surface area contributed by atoms with Crippen LogP contribution < -0.4 is 0 Å². The summed E-state index contributed by atoms with van der Waals surface area (Å²) in [5.74, 6) is 0. The largest absolute Gasteiger partial charge is 0.360 e. The second-order valence-corrected chi connectivity index (χ2v) is 4.29. The summed E-state index contributed by atoms with van der Waals surface area (Å²) in [5.41, 5.74) is 2.39. The number of H-pyrrole nitrogens is 1. The van der Waals surface area contributed by atoms with Crippen LogP contribution in [-0.2, 0) is 0 Å². The highest BCUT2D eigenvalue weighted by Crippen LogP contribution is 2.30. The quantitative estimate of drug-likeness (QED) is 0.709. The lowest BCUT2D eigenvalue weighted by molar-refractivity contribution is 1.39. The molecule has 0 fully saturated rings. The number of nitrogens with one attached hydrogen (secondary N) is 1. The Morgan fingerprint density at radius 1 is 1.38 bits per heavy atom. The van der Waals surface area contributed by atoms with Gasteiger partial charge in [0, 0.05) is 27.0 Å². The average Bonchev–Trinajstić information content (AvgIpc) is 2.47. The van der Waals surface area contributed by atoms with E-state index in [1.165, 1.54) is 21.4 Å². The Hall–Kier alpha value is -0.600. The number of halogens is 1. The fraction of sp³-hybridized carbons (Fsp3) is 0.200. The molecule has 3 heteroatoms. The van der Waals surface area contributed by atoms with E-state index in [0.29, 0.717) is 0 Å². The van der Waals surface area contributed by atoms with Gasteiger partial charge in [0.25, 0.3) is 0 Å². The summed E-state index contributed by atoms with van der Waals surface area (Å²) in [6, 6.07) is 3.98. The lowest BCUT2D eigenvalue weighted by Crippen LogP contribution is -1.76. The highest BCUT2D eigenvalue weighted by atomic mass is 35.5. The first kappa shape index (κ1) is 8.97. The van der Waals surface area contributed by atoms with Crippen LogP contribution in [-0.4, -0.2) is 11.2 Å². The van der Waals surface area contributed by atoms with Gasteiger partial charge in [0.15, 0.2) is 0 Å². The molecule has 13 heavy (non-hydrogen) atoms. The SMILES string of the molecule is CSc1c[nH]c2c(C)cc(Cl)cc12. The molecule has 1 N–H and O–H groups in total. The van der Waals surface area contributed by atoms with E-state index in [2.05, 4.69) is 18.2 Å². The lowest BCUT2D eigenvalue weighted by Gasteiger charge is -1.98. The Labute approximate surface area is 86.5 Å². The second kappa shape index (κ2) is 3.28. The van der Waals surface area contributed by atoms with E-state index in [0.717, 1.165) is 5.02 Å². The van der Waals surface area contributed by atoms with Gasteiger partial charge in [-0.25, -0.2) is 0 Å². The lowest BCUT2D eigenvalue weighted by atomic mass is 10.2. The van der Waals surface area contributed by atoms with Crippen LogP contribution in [0.1, 0.15) is 5.56 Å². The highest BCUT2D eigenvalue weighted by molar-refractivity contribution is 7.98. The molecule has 0 unspecified atom stereocenters. The molecule has 0 bridgehead atoms. The normalized spacial score (nSPS) is 11.0. The molecule has 1 heterocycles. The molecule has 1 aromatic carbocycles. The molecule has 0 aliphatic carbocycles. The van der Waals surface area contributed by atoms with Gasteiger partial charge in [-0.05, 0) is 30.9 Å². The number of aromatic amines is 1. The minimum absolute atomic E-state index is 0.805. The molecule has 0 aliphatic rings. The summed E-state index contributed by atoms with van der Waals surface area (Å²) < 4.78 is 0. The van der Waals surface area contributed by atoms with E-state index in [-0.39, 0.29) is 0 Å². The van der Waals surface area contributed by atoms with Crippen molar-refractivity contribution in [3.63, 3.8) is 0 Å². The molecular formula is C10H10ClNS. The Kier molecular flexibility index (Phi) is 2.26. The molecular weight excluding hydrogens is 202 g/mol. The van der Waals surface area contributed by atoms with Crippen molar-refractivity contribution in [3.8, 4) is 0 Å². The Morgan fingerprint density at radius 2 is 2.15 bits per heavy atom. The van der Waals surface area contributed by atoms with Crippen LogP contribution in [0.25, 0.3) is 10.9 Å². The van der Waals surface area contributed by atoms with Gasteiger partial charge < -0.3 is 4.98 Å². The first-order chi connectivity index (χ1) is 6.22. The van der Waals surface area contributed by atoms with Gasteiger partial charge in [0.05, 0.1) is 0 Å². The first-order valence-electron chi connectivity index (χ1n) is 4.03. The van der Waals surface area contributed by atoms with Crippen LogP contribution in [0.3, 0.4) is 0 Å². The van der Waals surface area contributed by atoms with Crippen LogP contribution in [0.5, 0.6) is 0 Å². The maximum Gasteiger partial charge on any atom is 0.0496 e. The minimum Gasteiger partial charge on any atom is -0.360 e. The monoisotopic (exact) mass is 211 g/mol. The zero-order valence-electron chi connectivity index (χ0n) is 7.52. The predicted octanol–water partition coefficient (Wildman–Crippen LogP) is 3.85. The molecule has 68 valence electrons. The van der Waals surface area contributed by atoms with E-state index in [1.807, 2.05) is 18.3 Å². The summed E-state index contributed by atoms with van der Waals surface area (Å²) >= 11 is 7.72. The fourth-order valence-corrected chi connectivity index (χ4v) is 2.34. The number of aryl methyl sites for hydroxylation is 1. The molecule has 0 radical (unpaired) electrons. The fourth-order valence-electron chi connectivity index (χ4n) is 1.51. The van der Waals surface area contributed by atoms with Crippen LogP contribution in [0.4, 0.5) is 0 Å². The number of hydrogen-bond donors (Lipinski definition) is 1. The van der Waals surface area contributed by atoms with Crippen molar-refractivity contribution >= 4 is 34.3 Å². The van der Waals surface area contributed by atoms with Crippen LogP contribution >= 0.6 is 23.4 Å². The van der Waals surface area contributed by atoms with Gasteiger partial charge in [-0.1, -0.05) is 11.6 Å². The van der Waals surface area contributed by atoms with E-state index in [4.69, 9.17) is 11.6 Å². The zero-order chi connectivity index (χ0) is 9.42. The molecule has 0 aliphatic heterocycles. The van der Waals surface area contributed by atoms with Crippen molar-refractivity contribution in [1.82, 2.24) is 4.98 Å². The van der Waals surface area contributed by atoms with Crippen molar-refractivity contribution in [2.75, 3.05) is 6.26 Å². The third-order valence-electron chi connectivity index (χ3n) is 2.13. The van der Waals surface area contributed by atoms with Gasteiger partial charge in [-0.15, -0.1) is 11.8 Å². The molecule has 0 atom stereocenters. The molecule has 0 saturated carbocycles. The van der Waals surface area contributed by atoms with E-state index in [9.17, 15) is 0 Å². The van der Waals surface area contributed by atoms with E-state index >= 15 is 0 Å². The maximum absolute atomic E-state index is 5.99. The van der Waals surface area contributed by atoms with Crippen LogP contribution in [0, 0.1) is 6.92 Å². The maximum atomic E-state index is 5.99. The third kappa shape index (κ3) is 1.45. The molecule has 1 aromatic heterocycles. The van der Waals surface area contributed by atoms with Gasteiger partial charge in [-0.2, -0.15) is 0 Å². The smallest absolute Gasteiger partial charge is 0.0496 e. The van der Waals surface area contributed by atoms with Crippen LogP contribution in [0.15, 0.2) is 23.2 Å².